The van der Waals surface area contributed by atoms with Gasteiger partial charge in [-0.25, -0.2) is 4.98 Å². The minimum atomic E-state index is 0.0287. The summed E-state index contributed by atoms with van der Waals surface area (Å²) >= 11 is 0. The first-order valence-electron chi connectivity index (χ1n) is 8.55. The lowest BCUT2D eigenvalue weighted by Crippen LogP contribution is -2.38. The maximum absolute atomic E-state index is 12.1. The Balaban J connectivity index is 1.49. The molecule has 6 heteroatoms. The van der Waals surface area contributed by atoms with Gasteiger partial charge in [-0.2, -0.15) is 0 Å². The van der Waals surface area contributed by atoms with Gasteiger partial charge in [0.15, 0.2) is 0 Å². The molecule has 3 rings (SSSR count). The number of pyridine rings is 1. The summed E-state index contributed by atoms with van der Waals surface area (Å²) < 4.78 is 11.1. The van der Waals surface area contributed by atoms with Gasteiger partial charge in [0.2, 0.25) is 11.8 Å². The van der Waals surface area contributed by atoms with Crippen LogP contribution >= 0.6 is 0 Å². The maximum Gasteiger partial charge on any atom is 0.224 e. The number of carbonyl (C=O) groups excluding carboxylic acids is 1. The Morgan fingerprint density at radius 3 is 2.76 bits per heavy atom. The number of nitrogens with one attached hydrogen (secondary N) is 1. The average Bonchev–Trinajstić information content (AvgIpc) is 2.67. The first-order chi connectivity index (χ1) is 12.3. The SMILES string of the molecule is O=C(CCN1CCOCC1)NCc1cccnc1Oc1ccccc1. The fraction of sp³-hybridized carbons (Fsp3) is 0.368. The van der Waals surface area contributed by atoms with E-state index in [4.69, 9.17) is 9.47 Å². The Hall–Kier alpha value is -2.44. The van der Waals surface area contributed by atoms with Crippen LogP contribution in [0.15, 0.2) is 48.7 Å². The predicted molar refractivity (Wildman–Crippen MR) is 94.5 cm³/mol. The standard InChI is InChI=1S/C19H23N3O3/c23-18(8-10-22-11-13-24-14-12-22)21-15-16-5-4-9-20-19(16)25-17-6-2-1-3-7-17/h1-7,9H,8,10-15H2,(H,21,23). The normalized spacial score (nSPS) is 14.9. The van der Waals surface area contributed by atoms with Gasteiger partial charge >= 0.3 is 0 Å². The summed E-state index contributed by atoms with van der Waals surface area (Å²) in [5.41, 5.74) is 0.853. The average molecular weight is 341 g/mol. The molecule has 1 saturated heterocycles. The molecular weight excluding hydrogens is 318 g/mol. The fourth-order valence-corrected chi connectivity index (χ4v) is 2.62. The number of hydrogen-bond acceptors (Lipinski definition) is 5. The Kier molecular flexibility index (Phi) is 6.36. The number of para-hydroxylation sites is 1. The van der Waals surface area contributed by atoms with Crippen molar-refractivity contribution >= 4 is 5.91 Å². The van der Waals surface area contributed by atoms with Crippen molar-refractivity contribution in [3.05, 3.63) is 54.2 Å². The third kappa shape index (κ3) is 5.55. The number of rotatable bonds is 7. The van der Waals surface area contributed by atoms with E-state index in [9.17, 15) is 4.79 Å². The summed E-state index contributed by atoms with van der Waals surface area (Å²) in [5.74, 6) is 1.27. The van der Waals surface area contributed by atoms with E-state index in [1.807, 2.05) is 42.5 Å². The fourth-order valence-electron chi connectivity index (χ4n) is 2.62. The number of amides is 1. The zero-order valence-corrected chi connectivity index (χ0v) is 14.2. The van der Waals surface area contributed by atoms with Crippen LogP contribution in [0.1, 0.15) is 12.0 Å². The smallest absolute Gasteiger partial charge is 0.224 e. The van der Waals surface area contributed by atoms with E-state index in [2.05, 4.69) is 15.2 Å². The zero-order chi connectivity index (χ0) is 17.3. The van der Waals surface area contributed by atoms with Crippen molar-refractivity contribution in [2.45, 2.75) is 13.0 Å². The van der Waals surface area contributed by atoms with E-state index in [0.717, 1.165) is 44.2 Å². The molecule has 1 aliphatic rings. The van der Waals surface area contributed by atoms with Crippen molar-refractivity contribution < 1.29 is 14.3 Å². The third-order valence-corrected chi connectivity index (χ3v) is 4.04. The van der Waals surface area contributed by atoms with Gasteiger partial charge in [0, 0.05) is 44.4 Å². The number of ether oxygens (including phenoxy) is 2. The second-order valence-electron chi connectivity index (χ2n) is 5.86. The van der Waals surface area contributed by atoms with Crippen LogP contribution in [0.2, 0.25) is 0 Å². The van der Waals surface area contributed by atoms with Crippen molar-refractivity contribution in [3.8, 4) is 11.6 Å². The van der Waals surface area contributed by atoms with Crippen LogP contribution < -0.4 is 10.1 Å². The van der Waals surface area contributed by atoms with E-state index in [1.54, 1.807) is 6.20 Å². The van der Waals surface area contributed by atoms with Gasteiger partial charge in [-0.1, -0.05) is 24.3 Å². The summed E-state index contributed by atoms with van der Waals surface area (Å²) in [7, 11) is 0. The van der Waals surface area contributed by atoms with Gasteiger partial charge < -0.3 is 14.8 Å². The summed E-state index contributed by atoms with van der Waals surface area (Å²) in [6.07, 6.45) is 2.16. The Morgan fingerprint density at radius 1 is 1.16 bits per heavy atom. The van der Waals surface area contributed by atoms with Crippen molar-refractivity contribution in [3.63, 3.8) is 0 Å². The highest BCUT2D eigenvalue weighted by Crippen LogP contribution is 2.22. The van der Waals surface area contributed by atoms with Gasteiger partial charge in [0.05, 0.1) is 13.2 Å². The molecule has 0 saturated carbocycles. The molecule has 0 aliphatic carbocycles. The molecule has 2 aromatic rings. The lowest BCUT2D eigenvalue weighted by atomic mass is 10.2. The topological polar surface area (TPSA) is 63.7 Å². The number of hydrogen-bond donors (Lipinski definition) is 1. The van der Waals surface area contributed by atoms with Gasteiger partial charge in [-0.15, -0.1) is 0 Å². The number of benzene rings is 1. The van der Waals surface area contributed by atoms with E-state index in [1.165, 1.54) is 0 Å². The molecule has 1 fully saturated rings. The molecule has 0 bridgehead atoms. The van der Waals surface area contributed by atoms with Crippen molar-refractivity contribution in [2.24, 2.45) is 0 Å². The van der Waals surface area contributed by atoms with Gasteiger partial charge in [0.25, 0.3) is 0 Å². The van der Waals surface area contributed by atoms with Gasteiger partial charge in [0.1, 0.15) is 5.75 Å². The molecule has 1 amide bonds. The van der Waals surface area contributed by atoms with Crippen LogP contribution in [0.4, 0.5) is 0 Å². The van der Waals surface area contributed by atoms with Crippen LogP contribution in [-0.4, -0.2) is 48.6 Å². The molecule has 0 radical (unpaired) electrons. The molecule has 1 aromatic heterocycles. The minimum Gasteiger partial charge on any atom is -0.439 e. The molecule has 132 valence electrons. The number of nitrogens with zero attached hydrogens (tertiary/aromatic N) is 2. The molecule has 0 unspecified atom stereocenters. The third-order valence-electron chi connectivity index (χ3n) is 4.04. The molecule has 0 atom stereocenters. The van der Waals surface area contributed by atoms with Crippen LogP contribution in [-0.2, 0) is 16.1 Å². The van der Waals surface area contributed by atoms with Crippen molar-refractivity contribution in [1.82, 2.24) is 15.2 Å². The van der Waals surface area contributed by atoms with Crippen molar-refractivity contribution in [1.29, 1.82) is 0 Å². The van der Waals surface area contributed by atoms with Crippen molar-refractivity contribution in [2.75, 3.05) is 32.8 Å². The highest BCUT2D eigenvalue weighted by Gasteiger charge is 2.12. The number of morpholine rings is 1. The molecule has 25 heavy (non-hydrogen) atoms. The van der Waals surface area contributed by atoms with Gasteiger partial charge in [-0.3, -0.25) is 9.69 Å². The molecule has 1 aromatic carbocycles. The maximum atomic E-state index is 12.1. The van der Waals surface area contributed by atoms with E-state index >= 15 is 0 Å². The first-order valence-corrected chi connectivity index (χ1v) is 8.55. The second-order valence-corrected chi connectivity index (χ2v) is 5.86. The highest BCUT2D eigenvalue weighted by molar-refractivity contribution is 5.76. The molecule has 2 heterocycles. The molecule has 0 spiro atoms. The van der Waals surface area contributed by atoms with Crippen LogP contribution in [0.25, 0.3) is 0 Å². The predicted octanol–water partition coefficient (Wildman–Crippen LogP) is 2.21. The Labute approximate surface area is 147 Å². The summed E-state index contributed by atoms with van der Waals surface area (Å²) in [6.45, 7) is 4.44. The first kappa shape index (κ1) is 17.4. The summed E-state index contributed by atoms with van der Waals surface area (Å²) in [5, 5.41) is 2.95. The minimum absolute atomic E-state index is 0.0287. The molecule has 1 aliphatic heterocycles. The monoisotopic (exact) mass is 341 g/mol. The number of aromatic nitrogens is 1. The lowest BCUT2D eigenvalue weighted by Gasteiger charge is -2.26. The number of carbonyl (C=O) groups is 1. The van der Waals surface area contributed by atoms with E-state index < -0.39 is 0 Å². The highest BCUT2D eigenvalue weighted by atomic mass is 16.5. The Bertz CT molecular complexity index is 673. The van der Waals surface area contributed by atoms with E-state index in [0.29, 0.717) is 18.8 Å². The zero-order valence-electron chi connectivity index (χ0n) is 14.2. The summed E-state index contributed by atoms with van der Waals surface area (Å²) in [4.78, 5) is 18.6. The van der Waals surface area contributed by atoms with Gasteiger partial charge in [-0.05, 0) is 18.2 Å². The van der Waals surface area contributed by atoms with Crippen LogP contribution in [0.3, 0.4) is 0 Å². The van der Waals surface area contributed by atoms with E-state index in [-0.39, 0.29) is 5.91 Å². The molecular formula is C19H23N3O3. The van der Waals surface area contributed by atoms with Crippen LogP contribution in [0.5, 0.6) is 11.6 Å². The second kappa shape index (κ2) is 9.15. The largest absolute Gasteiger partial charge is 0.439 e. The summed E-state index contributed by atoms with van der Waals surface area (Å²) in [6, 6.07) is 13.2. The van der Waals surface area contributed by atoms with Crippen LogP contribution in [0, 0.1) is 0 Å². The molecule has 6 nitrogen and oxygen atoms in total. The Morgan fingerprint density at radius 2 is 1.96 bits per heavy atom. The quantitative estimate of drug-likeness (QED) is 0.836. The molecule has 1 N–H and O–H groups in total. The lowest BCUT2D eigenvalue weighted by molar-refractivity contribution is -0.121.